The van der Waals surface area contributed by atoms with E-state index in [-0.39, 0.29) is 11.2 Å². The first kappa shape index (κ1) is 16.3. The molecule has 1 N–H and O–H groups in total. The van der Waals surface area contributed by atoms with Gasteiger partial charge in [-0.25, -0.2) is 4.79 Å². The molecule has 0 saturated carbocycles. The van der Waals surface area contributed by atoms with E-state index < -0.39 is 5.97 Å². The van der Waals surface area contributed by atoms with Crippen LogP contribution < -0.4 is 15.1 Å². The molecule has 0 spiro atoms. The van der Waals surface area contributed by atoms with Crippen molar-refractivity contribution in [2.45, 2.75) is 6.92 Å². The Bertz CT molecular complexity index is 822. The van der Waals surface area contributed by atoms with Crippen LogP contribution in [0.25, 0.3) is 11.0 Å². The summed E-state index contributed by atoms with van der Waals surface area (Å²) in [7, 11) is 2.05. The predicted octanol–water partition coefficient (Wildman–Crippen LogP) is 1.64. The molecule has 3 rings (SSSR count). The minimum atomic E-state index is -1.26. The molecule has 1 aliphatic heterocycles. The van der Waals surface area contributed by atoms with Gasteiger partial charge in [0.25, 0.3) is 0 Å². The van der Waals surface area contributed by atoms with Gasteiger partial charge in [-0.3, -0.25) is 4.79 Å². The van der Waals surface area contributed by atoms with Gasteiger partial charge in [0.1, 0.15) is 5.75 Å². The average Bonchev–Trinajstić information content (AvgIpc) is 2.55. The molecular formula is C17H20N2O5. The molecule has 7 nitrogen and oxygen atoms in total. The molecule has 7 heteroatoms. The lowest BCUT2D eigenvalue weighted by atomic mass is 10.1. The monoisotopic (exact) mass is 332 g/mol. The van der Waals surface area contributed by atoms with Gasteiger partial charge < -0.3 is 24.1 Å². The van der Waals surface area contributed by atoms with E-state index in [1.807, 2.05) is 13.0 Å². The molecule has 1 aromatic carbocycles. The van der Waals surface area contributed by atoms with Gasteiger partial charge in [0.2, 0.25) is 5.76 Å². The first-order chi connectivity index (χ1) is 11.5. The lowest BCUT2D eigenvalue weighted by molar-refractivity contribution is 0.0663. The van der Waals surface area contributed by atoms with Crippen molar-refractivity contribution in [1.82, 2.24) is 4.90 Å². The molecule has 2 aromatic rings. The van der Waals surface area contributed by atoms with Crippen LogP contribution in [0, 0.1) is 0 Å². The molecule has 1 aliphatic rings. The molecule has 1 aromatic heterocycles. The largest absolute Gasteiger partial charge is 0.494 e. The van der Waals surface area contributed by atoms with E-state index in [1.165, 1.54) is 0 Å². The molecule has 2 heterocycles. The fourth-order valence-electron chi connectivity index (χ4n) is 2.85. The zero-order valence-electron chi connectivity index (χ0n) is 13.7. The fraction of sp³-hybridized carbons (Fsp3) is 0.412. The van der Waals surface area contributed by atoms with E-state index in [9.17, 15) is 9.59 Å². The summed E-state index contributed by atoms with van der Waals surface area (Å²) in [4.78, 5) is 27.9. The van der Waals surface area contributed by atoms with E-state index >= 15 is 0 Å². The Balaban J connectivity index is 2.19. The summed E-state index contributed by atoms with van der Waals surface area (Å²) in [5, 5.41) is 9.50. The third-order valence-electron chi connectivity index (χ3n) is 4.15. The topological polar surface area (TPSA) is 83.2 Å². The number of hydrogen-bond acceptors (Lipinski definition) is 6. The summed E-state index contributed by atoms with van der Waals surface area (Å²) in [5.74, 6) is -1.03. The maximum atomic E-state index is 12.3. The summed E-state index contributed by atoms with van der Waals surface area (Å²) in [6.45, 7) is 5.64. The number of carbonyl (C=O) groups is 1. The van der Waals surface area contributed by atoms with Crippen molar-refractivity contribution in [3.05, 3.63) is 34.2 Å². The molecule has 128 valence electrons. The van der Waals surface area contributed by atoms with E-state index in [0.717, 1.165) is 32.2 Å². The second-order valence-electron chi connectivity index (χ2n) is 5.82. The second kappa shape index (κ2) is 6.52. The number of nitrogens with zero attached hydrogens (tertiary/aromatic N) is 2. The number of fused-ring (bicyclic) bond motifs is 1. The Labute approximate surface area is 139 Å². The molecule has 0 radical (unpaired) electrons. The Morgan fingerprint density at radius 2 is 1.96 bits per heavy atom. The predicted molar refractivity (Wildman–Crippen MR) is 90.3 cm³/mol. The van der Waals surface area contributed by atoms with E-state index in [1.54, 1.807) is 6.07 Å². The molecule has 0 unspecified atom stereocenters. The highest BCUT2D eigenvalue weighted by Crippen LogP contribution is 2.32. The number of likely N-dealkylation sites (N-methyl/N-ethyl adjacent to an activating group) is 1. The van der Waals surface area contributed by atoms with Gasteiger partial charge in [0.15, 0.2) is 11.0 Å². The van der Waals surface area contributed by atoms with Crippen LogP contribution in [0.1, 0.15) is 17.5 Å². The number of carboxylic acid groups (broad SMARTS) is 1. The van der Waals surface area contributed by atoms with Gasteiger partial charge in [-0.1, -0.05) is 0 Å². The normalized spacial score (nSPS) is 15.7. The van der Waals surface area contributed by atoms with Gasteiger partial charge >= 0.3 is 5.97 Å². The molecule has 24 heavy (non-hydrogen) atoms. The van der Waals surface area contributed by atoms with E-state index in [4.69, 9.17) is 14.3 Å². The molecule has 0 bridgehead atoms. The van der Waals surface area contributed by atoms with Crippen LogP contribution in [-0.2, 0) is 0 Å². The number of carboxylic acids is 1. The number of piperazine rings is 1. The van der Waals surface area contributed by atoms with Gasteiger partial charge in [-0.15, -0.1) is 0 Å². The van der Waals surface area contributed by atoms with Crippen molar-refractivity contribution in [2.75, 3.05) is 44.7 Å². The summed E-state index contributed by atoms with van der Waals surface area (Å²) >= 11 is 0. The van der Waals surface area contributed by atoms with E-state index in [2.05, 4.69) is 16.8 Å². The van der Waals surface area contributed by atoms with Crippen LogP contribution >= 0.6 is 0 Å². The molecule has 1 saturated heterocycles. The SMILES string of the molecule is CCOc1cc(N2CCN(C)CC2)c2oc(C(=O)O)cc(=O)c2c1. The number of benzene rings is 1. The quantitative estimate of drug-likeness (QED) is 0.911. The van der Waals surface area contributed by atoms with Crippen LogP contribution in [0.4, 0.5) is 5.69 Å². The van der Waals surface area contributed by atoms with Crippen molar-refractivity contribution in [1.29, 1.82) is 0 Å². The Kier molecular flexibility index (Phi) is 4.44. The lowest BCUT2D eigenvalue weighted by Gasteiger charge is -2.34. The summed E-state index contributed by atoms with van der Waals surface area (Å²) in [6, 6.07) is 4.43. The molecule has 0 amide bonds. The van der Waals surface area contributed by atoms with Crippen LogP contribution in [-0.4, -0.2) is 55.8 Å². The van der Waals surface area contributed by atoms with Crippen LogP contribution in [0.3, 0.4) is 0 Å². The second-order valence-corrected chi connectivity index (χ2v) is 5.82. The van der Waals surface area contributed by atoms with Gasteiger partial charge in [-0.2, -0.15) is 0 Å². The van der Waals surface area contributed by atoms with Gasteiger partial charge in [0.05, 0.1) is 17.7 Å². The van der Waals surface area contributed by atoms with Crippen molar-refractivity contribution in [3.8, 4) is 5.75 Å². The van der Waals surface area contributed by atoms with Gasteiger partial charge in [0, 0.05) is 38.3 Å². The summed E-state index contributed by atoms with van der Waals surface area (Å²) in [6.07, 6.45) is 0. The third-order valence-corrected chi connectivity index (χ3v) is 4.15. The number of aromatic carboxylic acids is 1. The minimum absolute atomic E-state index is 0.299. The van der Waals surface area contributed by atoms with E-state index in [0.29, 0.717) is 29.0 Å². The number of rotatable bonds is 4. The maximum Gasteiger partial charge on any atom is 0.371 e. The maximum absolute atomic E-state index is 12.3. The molecule has 1 fully saturated rings. The smallest absolute Gasteiger partial charge is 0.371 e. The first-order valence-corrected chi connectivity index (χ1v) is 7.91. The first-order valence-electron chi connectivity index (χ1n) is 7.91. The Hall–Kier alpha value is -2.54. The van der Waals surface area contributed by atoms with Crippen LogP contribution in [0.15, 0.2) is 27.4 Å². The highest BCUT2D eigenvalue weighted by atomic mass is 16.5. The number of hydrogen-bond donors (Lipinski definition) is 1. The number of ether oxygens (including phenoxy) is 1. The highest BCUT2D eigenvalue weighted by molar-refractivity contribution is 5.93. The zero-order chi connectivity index (χ0) is 17.3. The molecular weight excluding hydrogens is 312 g/mol. The third kappa shape index (κ3) is 3.07. The van der Waals surface area contributed by atoms with Gasteiger partial charge in [-0.05, 0) is 20.0 Å². The standard InChI is InChI=1S/C17H20N2O5/c1-3-23-11-8-12-14(20)10-15(17(21)22)24-16(12)13(9-11)19-6-4-18(2)5-7-19/h8-10H,3-7H2,1-2H3,(H,21,22). The molecule has 0 aliphatic carbocycles. The van der Waals surface area contributed by atoms with Crippen molar-refractivity contribution >= 4 is 22.6 Å². The van der Waals surface area contributed by atoms with Crippen molar-refractivity contribution < 1.29 is 19.1 Å². The van der Waals surface area contributed by atoms with Crippen LogP contribution in [0.2, 0.25) is 0 Å². The highest BCUT2D eigenvalue weighted by Gasteiger charge is 2.21. The van der Waals surface area contributed by atoms with Crippen LogP contribution in [0.5, 0.6) is 5.75 Å². The Morgan fingerprint density at radius 3 is 2.58 bits per heavy atom. The fourth-order valence-corrected chi connectivity index (χ4v) is 2.85. The Morgan fingerprint density at radius 1 is 1.25 bits per heavy atom. The molecule has 0 atom stereocenters. The summed E-state index contributed by atoms with van der Waals surface area (Å²) < 4.78 is 11.1. The average molecular weight is 332 g/mol. The summed E-state index contributed by atoms with van der Waals surface area (Å²) in [5.41, 5.74) is 0.614. The van der Waals surface area contributed by atoms with Crippen molar-refractivity contribution in [3.63, 3.8) is 0 Å². The minimum Gasteiger partial charge on any atom is -0.494 e. The lowest BCUT2D eigenvalue weighted by Crippen LogP contribution is -2.44. The zero-order valence-corrected chi connectivity index (χ0v) is 13.7. The number of anilines is 1. The van der Waals surface area contributed by atoms with Crippen molar-refractivity contribution in [2.24, 2.45) is 0 Å².